The van der Waals surface area contributed by atoms with Crippen LogP contribution in [0.25, 0.3) is 66.1 Å². The molecule has 2 aromatic heterocycles. The van der Waals surface area contributed by atoms with Gasteiger partial charge >= 0.3 is 0 Å². The van der Waals surface area contributed by atoms with E-state index in [1.54, 1.807) is 0 Å². The minimum atomic E-state index is -0.0789. The van der Waals surface area contributed by atoms with E-state index in [2.05, 4.69) is 138 Å². The average Bonchev–Trinajstić information content (AvgIpc) is 3.65. The third kappa shape index (κ3) is 2.95. The second kappa shape index (κ2) is 7.96. The molecule has 9 rings (SSSR count). The Balaban J connectivity index is 1.39. The molecule has 1 aliphatic rings. The smallest absolute Gasteiger partial charge is 0.113 e. The summed E-state index contributed by atoms with van der Waals surface area (Å²) in [5, 5.41) is 5.13. The first-order valence-electron chi connectivity index (χ1n) is 14.2. The van der Waals surface area contributed by atoms with Crippen LogP contribution in [0.2, 0.25) is 0 Å². The zero-order chi connectivity index (χ0) is 27.3. The predicted octanol–water partition coefficient (Wildman–Crippen LogP) is 9.58. The summed E-state index contributed by atoms with van der Waals surface area (Å²) in [6.45, 7) is 4.74. The van der Waals surface area contributed by atoms with Crippen LogP contribution in [0, 0.1) is 0 Å². The van der Waals surface area contributed by atoms with Gasteiger partial charge in [0.2, 0.25) is 0 Å². The summed E-state index contributed by atoms with van der Waals surface area (Å²) in [5.41, 5.74) is 12.1. The maximum Gasteiger partial charge on any atom is 0.113 e. The Kier molecular flexibility index (Phi) is 4.39. The molecule has 0 aliphatic heterocycles. The Hall–Kier alpha value is -5.15. The van der Waals surface area contributed by atoms with Gasteiger partial charge in [-0.05, 0) is 75.5 Å². The SMILES string of the molecule is CC1(C)c2ccccc2-c2ccc3cc4c5ccccc5n(-c5cccc6c5ncn6-c5ccccc5)c4cc3c21. The summed E-state index contributed by atoms with van der Waals surface area (Å²) >= 11 is 0. The number of rotatable bonds is 2. The Morgan fingerprint density at radius 1 is 0.585 bits per heavy atom. The molecule has 0 unspecified atom stereocenters. The van der Waals surface area contributed by atoms with Gasteiger partial charge in [0.25, 0.3) is 0 Å². The third-order valence-electron chi connectivity index (χ3n) is 9.16. The fraction of sp³-hybridized carbons (Fsp3) is 0.0789. The molecule has 8 aromatic rings. The first-order chi connectivity index (χ1) is 20.1. The summed E-state index contributed by atoms with van der Waals surface area (Å²) < 4.78 is 4.60. The zero-order valence-electron chi connectivity index (χ0n) is 23.0. The van der Waals surface area contributed by atoms with Crippen LogP contribution < -0.4 is 0 Å². The fourth-order valence-corrected chi connectivity index (χ4v) is 7.34. The molecule has 3 heteroatoms. The van der Waals surface area contributed by atoms with Crippen LogP contribution in [-0.4, -0.2) is 14.1 Å². The molecule has 0 radical (unpaired) electrons. The van der Waals surface area contributed by atoms with Gasteiger partial charge in [0.05, 0.1) is 22.2 Å². The Bertz CT molecular complexity index is 2330. The van der Waals surface area contributed by atoms with Crippen molar-refractivity contribution in [2.45, 2.75) is 19.3 Å². The van der Waals surface area contributed by atoms with Crippen molar-refractivity contribution < 1.29 is 0 Å². The Morgan fingerprint density at radius 2 is 1.37 bits per heavy atom. The quantitative estimate of drug-likeness (QED) is 0.220. The number of para-hydroxylation sites is 3. The molecule has 6 aromatic carbocycles. The van der Waals surface area contributed by atoms with Crippen LogP contribution >= 0.6 is 0 Å². The molecule has 0 N–H and O–H groups in total. The number of benzene rings is 6. The highest BCUT2D eigenvalue weighted by molar-refractivity contribution is 6.15. The van der Waals surface area contributed by atoms with E-state index in [4.69, 9.17) is 4.98 Å². The monoisotopic (exact) mass is 525 g/mol. The van der Waals surface area contributed by atoms with E-state index in [0.29, 0.717) is 0 Å². The maximum atomic E-state index is 4.98. The molecular weight excluding hydrogens is 498 g/mol. The zero-order valence-corrected chi connectivity index (χ0v) is 23.0. The Labute approximate surface area is 237 Å². The second-order valence-electron chi connectivity index (χ2n) is 11.7. The lowest BCUT2D eigenvalue weighted by molar-refractivity contribution is 0.666. The number of fused-ring (bicyclic) bond motifs is 9. The van der Waals surface area contributed by atoms with Gasteiger partial charge in [0, 0.05) is 21.9 Å². The standard InChI is InChI=1S/C38H27N3/c1-38(2)31-15-8-6-13-26(31)28-20-19-24-21-30-27-14-7-9-16-32(27)41(35(30)22-29(24)36(28)38)34-18-10-17-33-37(34)39-23-40(33)25-11-4-3-5-12-25/h3-23H,1-2H3. The van der Waals surface area contributed by atoms with Crippen molar-refractivity contribution in [1.29, 1.82) is 0 Å². The van der Waals surface area contributed by atoms with Crippen LogP contribution in [0.3, 0.4) is 0 Å². The van der Waals surface area contributed by atoms with E-state index in [9.17, 15) is 0 Å². The van der Waals surface area contributed by atoms with Gasteiger partial charge in [-0.1, -0.05) is 92.7 Å². The lowest BCUT2D eigenvalue weighted by atomic mass is 9.80. The molecule has 3 nitrogen and oxygen atoms in total. The van der Waals surface area contributed by atoms with Crippen molar-refractivity contribution in [3.63, 3.8) is 0 Å². The first-order valence-corrected chi connectivity index (χ1v) is 14.2. The summed E-state index contributed by atoms with van der Waals surface area (Å²) in [6.07, 6.45) is 1.94. The predicted molar refractivity (Wildman–Crippen MR) is 170 cm³/mol. The summed E-state index contributed by atoms with van der Waals surface area (Å²) in [6, 6.07) is 44.1. The van der Waals surface area contributed by atoms with Gasteiger partial charge in [-0.25, -0.2) is 4.98 Å². The van der Waals surface area contributed by atoms with Gasteiger partial charge in [0.15, 0.2) is 0 Å². The van der Waals surface area contributed by atoms with Crippen molar-refractivity contribution in [2.24, 2.45) is 0 Å². The number of hydrogen-bond acceptors (Lipinski definition) is 1. The van der Waals surface area contributed by atoms with E-state index >= 15 is 0 Å². The summed E-state index contributed by atoms with van der Waals surface area (Å²) in [5.74, 6) is 0. The largest absolute Gasteiger partial charge is 0.307 e. The number of imidazole rings is 1. The molecule has 0 fully saturated rings. The van der Waals surface area contributed by atoms with E-state index in [0.717, 1.165) is 22.4 Å². The highest BCUT2D eigenvalue weighted by atomic mass is 15.1. The molecule has 194 valence electrons. The number of nitrogens with zero attached hydrogens (tertiary/aromatic N) is 3. The summed E-state index contributed by atoms with van der Waals surface area (Å²) in [4.78, 5) is 4.98. The second-order valence-corrected chi connectivity index (χ2v) is 11.7. The normalized spacial score (nSPS) is 13.8. The van der Waals surface area contributed by atoms with E-state index in [1.807, 2.05) is 12.4 Å². The lowest BCUT2D eigenvalue weighted by Crippen LogP contribution is -2.15. The summed E-state index contributed by atoms with van der Waals surface area (Å²) in [7, 11) is 0. The highest BCUT2D eigenvalue weighted by Crippen LogP contribution is 2.52. The molecule has 0 amide bonds. The first kappa shape index (κ1) is 22.6. The van der Waals surface area contributed by atoms with Gasteiger partial charge in [-0.15, -0.1) is 0 Å². The molecule has 2 heterocycles. The molecule has 0 saturated carbocycles. The fourth-order valence-electron chi connectivity index (χ4n) is 7.34. The van der Waals surface area contributed by atoms with Crippen LogP contribution in [0.5, 0.6) is 0 Å². The maximum absolute atomic E-state index is 4.98. The van der Waals surface area contributed by atoms with Crippen LogP contribution in [0.4, 0.5) is 0 Å². The van der Waals surface area contributed by atoms with E-state index < -0.39 is 0 Å². The topological polar surface area (TPSA) is 22.8 Å². The van der Waals surface area contributed by atoms with Crippen LogP contribution in [0.15, 0.2) is 128 Å². The van der Waals surface area contributed by atoms with Gasteiger partial charge in [0.1, 0.15) is 11.8 Å². The molecule has 1 aliphatic carbocycles. The highest BCUT2D eigenvalue weighted by Gasteiger charge is 2.36. The molecular formula is C38H27N3. The average molecular weight is 526 g/mol. The van der Waals surface area contributed by atoms with Crippen molar-refractivity contribution in [3.8, 4) is 22.5 Å². The molecule has 0 atom stereocenters. The van der Waals surface area contributed by atoms with Gasteiger partial charge in [-0.2, -0.15) is 0 Å². The van der Waals surface area contributed by atoms with E-state index in [1.165, 1.54) is 54.8 Å². The van der Waals surface area contributed by atoms with Crippen molar-refractivity contribution >= 4 is 43.6 Å². The van der Waals surface area contributed by atoms with Gasteiger partial charge < -0.3 is 4.57 Å². The molecule has 41 heavy (non-hydrogen) atoms. The molecule has 0 saturated heterocycles. The molecule has 0 bridgehead atoms. The minimum absolute atomic E-state index is 0.0789. The lowest BCUT2D eigenvalue weighted by Gasteiger charge is -2.23. The van der Waals surface area contributed by atoms with Gasteiger partial charge in [-0.3, -0.25) is 4.57 Å². The number of hydrogen-bond donors (Lipinski definition) is 0. The minimum Gasteiger partial charge on any atom is -0.307 e. The van der Waals surface area contributed by atoms with Crippen molar-refractivity contribution in [3.05, 3.63) is 139 Å². The molecule has 0 spiro atoms. The Morgan fingerprint density at radius 3 is 2.27 bits per heavy atom. The third-order valence-corrected chi connectivity index (χ3v) is 9.16. The van der Waals surface area contributed by atoms with Crippen LogP contribution in [-0.2, 0) is 5.41 Å². The van der Waals surface area contributed by atoms with Crippen molar-refractivity contribution in [1.82, 2.24) is 14.1 Å². The van der Waals surface area contributed by atoms with E-state index in [-0.39, 0.29) is 5.41 Å². The van der Waals surface area contributed by atoms with Crippen molar-refractivity contribution in [2.75, 3.05) is 0 Å². The number of aromatic nitrogens is 3. The van der Waals surface area contributed by atoms with Crippen LogP contribution in [0.1, 0.15) is 25.0 Å².